The summed E-state index contributed by atoms with van der Waals surface area (Å²) in [5, 5.41) is 0. The van der Waals surface area contributed by atoms with Crippen molar-refractivity contribution in [2.75, 3.05) is 0 Å². The summed E-state index contributed by atoms with van der Waals surface area (Å²) in [4.78, 5) is 0. The minimum atomic E-state index is -0.826. The van der Waals surface area contributed by atoms with E-state index in [4.69, 9.17) is 17.0 Å². The predicted octanol–water partition coefficient (Wildman–Crippen LogP) is 10.7. The third-order valence-corrected chi connectivity index (χ3v) is 7.30. The van der Waals surface area contributed by atoms with Crippen LogP contribution in [0.4, 0.5) is 0 Å². The molecule has 0 atom stereocenters. The van der Waals surface area contributed by atoms with E-state index in [1.165, 1.54) is 128 Å². The van der Waals surface area contributed by atoms with Crippen LogP contribution in [-0.4, -0.2) is 0 Å². The first-order valence-corrected chi connectivity index (χ1v) is 20.1. The van der Waals surface area contributed by atoms with Crippen molar-refractivity contribution in [3.05, 3.63) is 62.2 Å². The van der Waals surface area contributed by atoms with Crippen molar-refractivity contribution < 1.29 is 20.8 Å². The number of hydrogen-bond donors (Lipinski definition) is 0. The average molecular weight is 569 g/mol. The zero-order valence-electron chi connectivity index (χ0n) is 20.9. The van der Waals surface area contributed by atoms with Crippen LogP contribution in [0.3, 0.4) is 0 Å². The van der Waals surface area contributed by atoms with Gasteiger partial charge in [-0.15, -0.1) is 0 Å². The van der Waals surface area contributed by atoms with Crippen molar-refractivity contribution in [3.63, 3.8) is 0 Å². The van der Waals surface area contributed by atoms with Crippen molar-refractivity contribution in [3.8, 4) is 0 Å². The molecule has 0 heterocycles. The van der Waals surface area contributed by atoms with E-state index in [1.54, 1.807) is 23.7 Å². The molecule has 0 aromatic heterocycles. The third-order valence-electron chi connectivity index (χ3n) is 7.30. The average Bonchev–Trinajstić information content (AvgIpc) is 3.44. The van der Waals surface area contributed by atoms with E-state index in [0.717, 1.165) is 0 Å². The molecule has 0 bridgehead atoms. The molecule has 0 N–H and O–H groups in total. The van der Waals surface area contributed by atoms with Gasteiger partial charge in [0, 0.05) is 0 Å². The quantitative estimate of drug-likeness (QED) is 0.273. The van der Waals surface area contributed by atoms with Crippen molar-refractivity contribution in [2.24, 2.45) is 0 Å². The van der Waals surface area contributed by atoms with Crippen LogP contribution in [0.25, 0.3) is 0 Å². The maximum absolute atomic E-state index is 4.93. The molecule has 4 rings (SSSR count). The van der Waals surface area contributed by atoms with E-state index in [1.807, 2.05) is 0 Å². The number of fused-ring (bicyclic) bond motifs is 2. The Morgan fingerprint density at radius 1 is 0.364 bits per heavy atom. The SMILES string of the molecule is [CH]1[CH][C]2CCCCCCCCCC[C]2[CH]1.[CH]1[CH][C]2CCCCCCCCCC[C]2[CH]1.[Cl][Zr+2][Cl]. The molecular formula is C30H46Cl2Zr+2. The molecule has 0 saturated heterocycles. The fourth-order valence-corrected chi connectivity index (χ4v) is 5.35. The molecule has 4 fully saturated rings. The fourth-order valence-electron chi connectivity index (χ4n) is 5.35. The van der Waals surface area contributed by atoms with Crippen molar-refractivity contribution in [2.45, 2.75) is 128 Å². The van der Waals surface area contributed by atoms with Crippen LogP contribution in [0.2, 0.25) is 0 Å². The maximum atomic E-state index is 4.93. The standard InChI is InChI=1S/2C15H23.2ClH.Zr/c2*1-2-4-6-8-11-15-13-9-12-14(15)10-7-5-3-1;;;/h2*9,12-13H,1-8,10-11H2;2*1H;/q;;;;+4/p-2. The molecule has 10 radical (unpaired) electrons. The summed E-state index contributed by atoms with van der Waals surface area (Å²) < 4.78 is 0. The number of halogens is 2. The van der Waals surface area contributed by atoms with Gasteiger partial charge in [0.05, 0.1) is 0 Å². The normalized spacial score (nSPS) is 25.8. The topological polar surface area (TPSA) is 0 Å². The Kier molecular flexibility index (Phi) is 20.0. The molecule has 0 unspecified atom stereocenters. The van der Waals surface area contributed by atoms with Gasteiger partial charge in [-0.2, -0.15) is 0 Å². The van der Waals surface area contributed by atoms with Gasteiger partial charge in [-0.3, -0.25) is 0 Å². The first kappa shape index (κ1) is 30.7. The Morgan fingerprint density at radius 2 is 0.545 bits per heavy atom. The van der Waals surface area contributed by atoms with Crippen LogP contribution in [0.1, 0.15) is 128 Å². The van der Waals surface area contributed by atoms with Crippen molar-refractivity contribution in [1.29, 1.82) is 0 Å². The van der Waals surface area contributed by atoms with E-state index in [0.29, 0.717) is 0 Å². The molecule has 0 aliphatic heterocycles. The van der Waals surface area contributed by atoms with Gasteiger partial charge in [-0.25, -0.2) is 0 Å². The molecule has 182 valence electrons. The Hall–Kier alpha value is 1.46. The van der Waals surface area contributed by atoms with Crippen molar-refractivity contribution >= 4 is 17.0 Å². The molecular weight excluding hydrogens is 522 g/mol. The second-order valence-electron chi connectivity index (χ2n) is 9.88. The van der Waals surface area contributed by atoms with E-state index in [9.17, 15) is 0 Å². The van der Waals surface area contributed by atoms with Gasteiger partial charge >= 0.3 is 37.9 Å². The Bertz CT molecular complexity index is 356. The Labute approximate surface area is 227 Å². The molecule has 0 amide bonds. The molecule has 0 nitrogen and oxygen atoms in total. The van der Waals surface area contributed by atoms with Crippen molar-refractivity contribution in [1.82, 2.24) is 0 Å². The zero-order chi connectivity index (χ0) is 23.4. The van der Waals surface area contributed by atoms with Crippen LogP contribution >= 0.6 is 17.0 Å². The molecule has 33 heavy (non-hydrogen) atoms. The summed E-state index contributed by atoms with van der Waals surface area (Å²) in [6.07, 6.45) is 42.1. The Morgan fingerprint density at radius 3 is 0.758 bits per heavy atom. The molecule has 4 aliphatic rings. The van der Waals surface area contributed by atoms with E-state index in [2.05, 4.69) is 38.5 Å². The van der Waals surface area contributed by atoms with Gasteiger partial charge in [0.15, 0.2) is 0 Å². The van der Waals surface area contributed by atoms with Crippen LogP contribution < -0.4 is 0 Å². The number of rotatable bonds is 0. The van der Waals surface area contributed by atoms with E-state index >= 15 is 0 Å². The van der Waals surface area contributed by atoms with Gasteiger partial charge in [-0.1, -0.05) is 103 Å². The second-order valence-corrected chi connectivity index (χ2v) is 13.6. The molecule has 4 aliphatic carbocycles. The Balaban J connectivity index is 0.000000209. The first-order chi connectivity index (χ1) is 16.3. The van der Waals surface area contributed by atoms with Crippen LogP contribution in [0.15, 0.2) is 0 Å². The van der Waals surface area contributed by atoms with Gasteiger partial charge in [0.1, 0.15) is 0 Å². The molecule has 0 aromatic rings. The van der Waals surface area contributed by atoms with Crippen LogP contribution in [0, 0.1) is 62.2 Å². The third kappa shape index (κ3) is 14.7. The summed E-state index contributed by atoms with van der Waals surface area (Å²) in [5.41, 5.74) is 0. The summed E-state index contributed by atoms with van der Waals surface area (Å²) in [5.74, 6) is 6.54. The van der Waals surface area contributed by atoms with Gasteiger partial charge in [0.25, 0.3) is 0 Å². The summed E-state index contributed by atoms with van der Waals surface area (Å²) in [6, 6.07) is 0. The van der Waals surface area contributed by atoms with Gasteiger partial charge in [-0.05, 0) is 87.9 Å². The minimum absolute atomic E-state index is 0.826. The summed E-state index contributed by atoms with van der Waals surface area (Å²) in [7, 11) is 9.87. The molecule has 0 spiro atoms. The molecule has 0 aromatic carbocycles. The molecule has 4 saturated carbocycles. The van der Waals surface area contributed by atoms with Crippen LogP contribution in [0.5, 0.6) is 0 Å². The second kappa shape index (κ2) is 21.5. The number of hydrogen-bond acceptors (Lipinski definition) is 0. The van der Waals surface area contributed by atoms with E-state index < -0.39 is 20.8 Å². The summed E-state index contributed by atoms with van der Waals surface area (Å²) >= 11 is -0.826. The van der Waals surface area contributed by atoms with Gasteiger partial charge < -0.3 is 0 Å². The van der Waals surface area contributed by atoms with Crippen LogP contribution in [-0.2, 0) is 20.8 Å². The predicted molar refractivity (Wildman–Crippen MR) is 143 cm³/mol. The monoisotopic (exact) mass is 566 g/mol. The zero-order valence-corrected chi connectivity index (χ0v) is 24.8. The molecule has 3 heteroatoms. The first-order valence-electron chi connectivity index (χ1n) is 13.8. The van der Waals surface area contributed by atoms with Gasteiger partial charge in [0.2, 0.25) is 0 Å². The fraction of sp³-hybridized carbons (Fsp3) is 0.667. The summed E-state index contributed by atoms with van der Waals surface area (Å²) in [6.45, 7) is 0. The van der Waals surface area contributed by atoms with E-state index in [-0.39, 0.29) is 0 Å².